The molecule has 1 fully saturated rings. The molecule has 0 amide bonds. The van der Waals surface area contributed by atoms with Crippen molar-refractivity contribution in [3.63, 3.8) is 0 Å². The van der Waals surface area contributed by atoms with Gasteiger partial charge < -0.3 is 10.1 Å². The summed E-state index contributed by atoms with van der Waals surface area (Å²) in [4.78, 5) is 0. The molecule has 0 bridgehead atoms. The zero-order valence-electron chi connectivity index (χ0n) is 8.74. The Hall–Kier alpha value is -0.950. The molecule has 0 aliphatic carbocycles. The molecule has 0 aromatic heterocycles. The van der Waals surface area contributed by atoms with E-state index in [9.17, 15) is 8.42 Å². The van der Waals surface area contributed by atoms with Gasteiger partial charge in [-0.1, -0.05) is 36.4 Å². The monoisotopic (exact) mass is 245 g/mol. The molecular formula is C10H15NO4S. The van der Waals surface area contributed by atoms with E-state index >= 15 is 0 Å². The highest BCUT2D eigenvalue weighted by atomic mass is 32.2. The highest BCUT2D eigenvalue weighted by molar-refractivity contribution is 7.86. The van der Waals surface area contributed by atoms with Crippen LogP contribution in [0.15, 0.2) is 36.4 Å². The molecule has 1 atom stereocenters. The van der Waals surface area contributed by atoms with Gasteiger partial charge in [0.25, 0.3) is 10.1 Å². The third kappa shape index (κ3) is 5.22. The Labute approximate surface area is 95.2 Å². The van der Waals surface area contributed by atoms with Crippen molar-refractivity contribution in [2.24, 2.45) is 0 Å². The quantitative estimate of drug-likeness (QED) is 0.705. The van der Waals surface area contributed by atoms with Gasteiger partial charge in [0.15, 0.2) is 5.44 Å². The van der Waals surface area contributed by atoms with E-state index in [4.69, 9.17) is 9.29 Å². The van der Waals surface area contributed by atoms with E-state index in [1.165, 1.54) is 0 Å². The van der Waals surface area contributed by atoms with E-state index in [0.29, 0.717) is 13.2 Å². The van der Waals surface area contributed by atoms with Crippen molar-refractivity contribution in [3.8, 4) is 0 Å². The van der Waals surface area contributed by atoms with E-state index < -0.39 is 15.6 Å². The third-order valence-corrected chi connectivity index (χ3v) is 2.86. The minimum absolute atomic E-state index is 0.166. The lowest BCUT2D eigenvalue weighted by atomic mass is 10.4. The Bertz CT molecular complexity index is 346. The highest BCUT2D eigenvalue weighted by Gasteiger charge is 2.25. The lowest BCUT2D eigenvalue weighted by Crippen LogP contribution is -2.42. The van der Waals surface area contributed by atoms with Gasteiger partial charge in [0.1, 0.15) is 0 Å². The second-order valence-corrected chi connectivity index (χ2v) is 4.73. The average molecular weight is 245 g/mol. The van der Waals surface area contributed by atoms with E-state index in [2.05, 4.69) is 5.32 Å². The maximum Gasteiger partial charge on any atom is 0.293 e. The summed E-state index contributed by atoms with van der Waals surface area (Å²) in [5.74, 6) is 0. The van der Waals surface area contributed by atoms with Gasteiger partial charge in [-0.3, -0.25) is 4.55 Å². The van der Waals surface area contributed by atoms with Crippen LogP contribution >= 0.6 is 0 Å². The molecule has 1 heterocycles. The van der Waals surface area contributed by atoms with E-state index in [1.807, 2.05) is 36.4 Å². The largest absolute Gasteiger partial charge is 0.357 e. The molecule has 2 rings (SSSR count). The Kier molecular flexibility index (Phi) is 5.41. The highest BCUT2D eigenvalue weighted by Crippen LogP contribution is 2.02. The van der Waals surface area contributed by atoms with Crippen molar-refractivity contribution < 1.29 is 17.7 Å². The van der Waals surface area contributed by atoms with Gasteiger partial charge in [-0.25, -0.2) is 0 Å². The van der Waals surface area contributed by atoms with Crippen LogP contribution in [0.4, 0.5) is 0 Å². The molecule has 1 unspecified atom stereocenters. The lowest BCUT2D eigenvalue weighted by Gasteiger charge is -2.20. The number of nitrogens with one attached hydrogen (secondary N) is 1. The Morgan fingerprint density at radius 2 is 1.62 bits per heavy atom. The number of benzene rings is 1. The molecule has 1 aromatic rings. The van der Waals surface area contributed by atoms with Gasteiger partial charge in [-0.15, -0.1) is 0 Å². The molecule has 2 N–H and O–H groups in total. The maximum atomic E-state index is 10.4. The van der Waals surface area contributed by atoms with Crippen molar-refractivity contribution in [1.29, 1.82) is 0 Å². The average Bonchev–Trinajstić information content (AvgIpc) is 2.32. The first-order valence-corrected chi connectivity index (χ1v) is 6.39. The molecule has 1 aliphatic heterocycles. The topological polar surface area (TPSA) is 75.6 Å². The molecule has 0 spiro atoms. The molecule has 1 aliphatic rings. The third-order valence-electron chi connectivity index (χ3n) is 1.89. The van der Waals surface area contributed by atoms with Gasteiger partial charge in [0.05, 0.1) is 6.61 Å². The van der Waals surface area contributed by atoms with Crippen LogP contribution in [-0.2, 0) is 14.9 Å². The van der Waals surface area contributed by atoms with Crippen molar-refractivity contribution in [3.05, 3.63) is 36.4 Å². The minimum Gasteiger partial charge on any atom is -0.357 e. The van der Waals surface area contributed by atoms with Gasteiger partial charge in [0, 0.05) is 13.1 Å². The predicted octanol–water partition coefficient (Wildman–Crippen LogP) is 0.507. The fourth-order valence-electron chi connectivity index (χ4n) is 1.12. The fraction of sp³-hybridized carbons (Fsp3) is 0.400. The van der Waals surface area contributed by atoms with Crippen LogP contribution in [0.5, 0.6) is 0 Å². The zero-order valence-corrected chi connectivity index (χ0v) is 9.56. The second kappa shape index (κ2) is 6.59. The zero-order chi connectivity index (χ0) is 11.9. The molecule has 0 saturated carbocycles. The van der Waals surface area contributed by atoms with Crippen LogP contribution in [0, 0.1) is 0 Å². The maximum absolute atomic E-state index is 10.4. The normalized spacial score (nSPS) is 20.7. The molecule has 5 nitrogen and oxygen atoms in total. The number of ether oxygens (including phenoxy) is 1. The van der Waals surface area contributed by atoms with Crippen LogP contribution in [0.25, 0.3) is 0 Å². The number of hydrogen-bond donors (Lipinski definition) is 2. The van der Waals surface area contributed by atoms with Crippen LogP contribution < -0.4 is 5.32 Å². The molecule has 1 saturated heterocycles. The molecule has 90 valence electrons. The summed E-state index contributed by atoms with van der Waals surface area (Å²) in [6.07, 6.45) is 0. The first-order chi connectivity index (χ1) is 7.61. The van der Waals surface area contributed by atoms with E-state index in [1.54, 1.807) is 0 Å². The Balaban J connectivity index is 0.000000181. The first-order valence-electron chi connectivity index (χ1n) is 4.89. The number of hydrogen-bond acceptors (Lipinski definition) is 4. The van der Waals surface area contributed by atoms with Crippen LogP contribution in [0.3, 0.4) is 0 Å². The molecule has 1 aromatic carbocycles. The van der Waals surface area contributed by atoms with Crippen molar-refractivity contribution >= 4 is 10.1 Å². The molecule has 6 heteroatoms. The Morgan fingerprint density at radius 3 is 1.88 bits per heavy atom. The molecular weight excluding hydrogens is 230 g/mol. The summed E-state index contributed by atoms with van der Waals surface area (Å²) >= 11 is 0. The summed E-state index contributed by atoms with van der Waals surface area (Å²) in [6, 6.07) is 12.0. The van der Waals surface area contributed by atoms with Crippen LogP contribution in [0.2, 0.25) is 0 Å². The van der Waals surface area contributed by atoms with Gasteiger partial charge in [-0.05, 0) is 0 Å². The first kappa shape index (κ1) is 13.1. The predicted molar refractivity (Wildman–Crippen MR) is 60.6 cm³/mol. The van der Waals surface area contributed by atoms with Crippen molar-refractivity contribution in [2.45, 2.75) is 5.44 Å². The van der Waals surface area contributed by atoms with Gasteiger partial charge in [-0.2, -0.15) is 8.42 Å². The standard InChI is InChI=1S/C6H6.C4H9NO4S/c1-2-4-6-5-3-1;6-10(7,8)4-3-5-1-2-9-4/h1-6H;4-5H,1-3H2,(H,6,7,8). The smallest absolute Gasteiger partial charge is 0.293 e. The SMILES string of the molecule is O=S(=O)(O)C1CNCCO1.c1ccccc1. The minimum atomic E-state index is -4.01. The summed E-state index contributed by atoms with van der Waals surface area (Å²) in [7, 11) is -4.01. The molecule has 0 radical (unpaired) electrons. The van der Waals surface area contributed by atoms with Gasteiger partial charge >= 0.3 is 0 Å². The van der Waals surface area contributed by atoms with Crippen molar-refractivity contribution in [2.75, 3.05) is 19.7 Å². The summed E-state index contributed by atoms with van der Waals surface area (Å²) < 4.78 is 33.9. The van der Waals surface area contributed by atoms with Crippen LogP contribution in [-0.4, -0.2) is 38.1 Å². The second-order valence-electron chi connectivity index (χ2n) is 3.17. The fourth-order valence-corrected chi connectivity index (χ4v) is 1.71. The summed E-state index contributed by atoms with van der Waals surface area (Å²) in [6.45, 7) is 1.12. The summed E-state index contributed by atoms with van der Waals surface area (Å²) in [5, 5.41) is 2.78. The molecule has 16 heavy (non-hydrogen) atoms. The number of morpholine rings is 1. The van der Waals surface area contributed by atoms with E-state index in [0.717, 1.165) is 0 Å². The van der Waals surface area contributed by atoms with E-state index in [-0.39, 0.29) is 6.54 Å². The van der Waals surface area contributed by atoms with Crippen molar-refractivity contribution in [1.82, 2.24) is 5.32 Å². The number of rotatable bonds is 1. The lowest BCUT2D eigenvalue weighted by molar-refractivity contribution is 0.0729. The Morgan fingerprint density at radius 1 is 1.12 bits per heavy atom. The summed E-state index contributed by atoms with van der Waals surface area (Å²) in [5.41, 5.74) is -1.08. The van der Waals surface area contributed by atoms with Gasteiger partial charge in [0.2, 0.25) is 0 Å². The van der Waals surface area contributed by atoms with Crippen LogP contribution in [0.1, 0.15) is 0 Å².